The van der Waals surface area contributed by atoms with Crippen LogP contribution >= 0.6 is 0 Å². The Labute approximate surface area is 144 Å². The smallest absolute Gasteiger partial charge is 0.310 e. The molecule has 0 saturated carbocycles. The standard InChI is InChI=1S/C21H27NO2/c1-20(2)13-17(14-21(3,4)22-20)24-19(23)12-16-10-7-9-15-8-5-6-11-18(15)16/h5-11,17,22H,12-14H2,1-4H3. The minimum absolute atomic E-state index is 0.0217. The van der Waals surface area contributed by atoms with E-state index in [0.29, 0.717) is 6.42 Å². The van der Waals surface area contributed by atoms with Crippen LogP contribution in [0.2, 0.25) is 0 Å². The maximum atomic E-state index is 12.5. The number of ether oxygens (including phenoxy) is 1. The number of rotatable bonds is 3. The van der Waals surface area contributed by atoms with Crippen LogP contribution in [-0.4, -0.2) is 23.2 Å². The van der Waals surface area contributed by atoms with Gasteiger partial charge in [-0.05, 0) is 44.0 Å². The van der Waals surface area contributed by atoms with Gasteiger partial charge < -0.3 is 10.1 Å². The van der Waals surface area contributed by atoms with Crippen LogP contribution in [0.15, 0.2) is 42.5 Å². The van der Waals surface area contributed by atoms with Crippen LogP contribution in [0.3, 0.4) is 0 Å². The summed E-state index contributed by atoms with van der Waals surface area (Å²) in [5.74, 6) is -0.134. The molecular formula is C21H27NO2. The van der Waals surface area contributed by atoms with Gasteiger partial charge in [-0.25, -0.2) is 0 Å². The predicted octanol–water partition coefficient (Wildman–Crippen LogP) is 4.23. The summed E-state index contributed by atoms with van der Waals surface area (Å²) in [5.41, 5.74) is 0.990. The van der Waals surface area contributed by atoms with E-state index in [4.69, 9.17) is 4.74 Å². The lowest BCUT2D eigenvalue weighted by Gasteiger charge is -2.45. The summed E-state index contributed by atoms with van der Waals surface area (Å²) in [6.45, 7) is 8.66. The first-order valence-corrected chi connectivity index (χ1v) is 8.70. The summed E-state index contributed by atoms with van der Waals surface area (Å²) in [6, 6.07) is 14.2. The zero-order valence-electron chi connectivity index (χ0n) is 15.1. The molecule has 0 aromatic heterocycles. The van der Waals surface area contributed by atoms with Gasteiger partial charge in [-0.2, -0.15) is 0 Å². The lowest BCUT2D eigenvalue weighted by atomic mass is 9.81. The molecule has 0 aliphatic carbocycles. The van der Waals surface area contributed by atoms with Crippen molar-refractivity contribution in [2.45, 2.75) is 64.1 Å². The molecule has 0 unspecified atom stereocenters. The van der Waals surface area contributed by atoms with Crippen molar-refractivity contribution in [1.29, 1.82) is 0 Å². The Morgan fingerprint density at radius 1 is 1.04 bits per heavy atom. The molecule has 1 heterocycles. The highest BCUT2D eigenvalue weighted by atomic mass is 16.5. The van der Waals surface area contributed by atoms with Crippen molar-refractivity contribution in [2.75, 3.05) is 0 Å². The Morgan fingerprint density at radius 3 is 2.38 bits per heavy atom. The van der Waals surface area contributed by atoms with E-state index in [1.807, 2.05) is 24.3 Å². The van der Waals surface area contributed by atoms with Crippen LogP contribution in [-0.2, 0) is 16.0 Å². The van der Waals surface area contributed by atoms with Gasteiger partial charge in [-0.15, -0.1) is 0 Å². The first-order chi connectivity index (χ1) is 11.2. The molecule has 3 rings (SSSR count). The Balaban J connectivity index is 1.71. The maximum Gasteiger partial charge on any atom is 0.310 e. The van der Waals surface area contributed by atoms with E-state index in [1.54, 1.807) is 0 Å². The minimum Gasteiger partial charge on any atom is -0.462 e. The van der Waals surface area contributed by atoms with Crippen molar-refractivity contribution in [3.05, 3.63) is 48.0 Å². The molecule has 2 aromatic carbocycles. The monoisotopic (exact) mass is 325 g/mol. The van der Waals surface area contributed by atoms with Gasteiger partial charge in [-0.3, -0.25) is 4.79 Å². The van der Waals surface area contributed by atoms with Crippen LogP contribution < -0.4 is 5.32 Å². The third-order valence-corrected chi connectivity index (χ3v) is 4.67. The second-order valence-corrected chi connectivity index (χ2v) is 8.23. The summed E-state index contributed by atoms with van der Waals surface area (Å²) >= 11 is 0. The van der Waals surface area contributed by atoms with Crippen molar-refractivity contribution in [1.82, 2.24) is 5.32 Å². The number of carbonyl (C=O) groups is 1. The second-order valence-electron chi connectivity index (χ2n) is 8.23. The van der Waals surface area contributed by atoms with Crippen LogP contribution in [0.5, 0.6) is 0 Å². The predicted molar refractivity (Wildman–Crippen MR) is 98.1 cm³/mol. The molecular weight excluding hydrogens is 298 g/mol. The van der Waals surface area contributed by atoms with Crippen LogP contribution in [0.1, 0.15) is 46.1 Å². The van der Waals surface area contributed by atoms with Gasteiger partial charge in [0.2, 0.25) is 0 Å². The van der Waals surface area contributed by atoms with E-state index in [2.05, 4.69) is 51.2 Å². The molecule has 2 aromatic rings. The molecule has 1 N–H and O–H groups in total. The Kier molecular flexibility index (Phi) is 4.39. The highest BCUT2D eigenvalue weighted by molar-refractivity contribution is 5.89. The molecule has 3 nitrogen and oxygen atoms in total. The number of carbonyl (C=O) groups excluding carboxylic acids is 1. The van der Waals surface area contributed by atoms with Crippen molar-refractivity contribution < 1.29 is 9.53 Å². The van der Waals surface area contributed by atoms with E-state index in [-0.39, 0.29) is 23.2 Å². The van der Waals surface area contributed by atoms with Crippen molar-refractivity contribution in [3.8, 4) is 0 Å². The average Bonchev–Trinajstić information content (AvgIpc) is 2.44. The third-order valence-electron chi connectivity index (χ3n) is 4.67. The van der Waals surface area contributed by atoms with E-state index in [0.717, 1.165) is 29.2 Å². The minimum atomic E-state index is -0.134. The highest BCUT2D eigenvalue weighted by Gasteiger charge is 2.39. The number of benzene rings is 2. The fraction of sp³-hybridized carbons (Fsp3) is 0.476. The first kappa shape index (κ1) is 17.0. The molecule has 0 amide bonds. The summed E-state index contributed by atoms with van der Waals surface area (Å²) in [5, 5.41) is 5.90. The third kappa shape index (κ3) is 3.96. The number of piperidine rings is 1. The van der Waals surface area contributed by atoms with E-state index in [9.17, 15) is 4.79 Å². The lowest BCUT2D eigenvalue weighted by molar-refractivity contribution is -0.152. The Hall–Kier alpha value is -1.87. The summed E-state index contributed by atoms with van der Waals surface area (Å²) in [6.07, 6.45) is 1.99. The van der Waals surface area contributed by atoms with Gasteiger partial charge in [0.1, 0.15) is 6.10 Å². The highest BCUT2D eigenvalue weighted by Crippen LogP contribution is 2.30. The number of esters is 1. The molecule has 128 valence electrons. The Bertz CT molecular complexity index is 727. The summed E-state index contributed by atoms with van der Waals surface area (Å²) in [4.78, 5) is 12.5. The van der Waals surface area contributed by atoms with Gasteiger partial charge >= 0.3 is 5.97 Å². The zero-order chi connectivity index (χ0) is 17.4. The summed E-state index contributed by atoms with van der Waals surface area (Å²) in [7, 11) is 0. The maximum absolute atomic E-state index is 12.5. The van der Waals surface area contributed by atoms with Crippen LogP contribution in [0.25, 0.3) is 10.8 Å². The molecule has 1 saturated heterocycles. The molecule has 0 radical (unpaired) electrons. The van der Waals surface area contributed by atoms with Crippen LogP contribution in [0, 0.1) is 0 Å². The number of nitrogens with one attached hydrogen (secondary N) is 1. The molecule has 3 heteroatoms. The van der Waals surface area contributed by atoms with Gasteiger partial charge in [0, 0.05) is 23.9 Å². The van der Waals surface area contributed by atoms with Gasteiger partial charge in [-0.1, -0.05) is 42.5 Å². The van der Waals surface area contributed by atoms with E-state index in [1.165, 1.54) is 0 Å². The molecule has 24 heavy (non-hydrogen) atoms. The van der Waals surface area contributed by atoms with Crippen LogP contribution in [0.4, 0.5) is 0 Å². The average molecular weight is 325 g/mol. The van der Waals surface area contributed by atoms with Crippen molar-refractivity contribution in [3.63, 3.8) is 0 Å². The molecule has 0 bridgehead atoms. The largest absolute Gasteiger partial charge is 0.462 e. The Morgan fingerprint density at radius 2 is 1.67 bits per heavy atom. The van der Waals surface area contributed by atoms with Gasteiger partial charge in [0.25, 0.3) is 0 Å². The van der Waals surface area contributed by atoms with E-state index >= 15 is 0 Å². The van der Waals surface area contributed by atoms with Gasteiger partial charge in [0.15, 0.2) is 0 Å². The molecule has 0 atom stereocenters. The first-order valence-electron chi connectivity index (χ1n) is 8.70. The van der Waals surface area contributed by atoms with Crippen molar-refractivity contribution in [2.24, 2.45) is 0 Å². The number of hydrogen-bond donors (Lipinski definition) is 1. The SMILES string of the molecule is CC1(C)CC(OC(=O)Cc2cccc3ccccc23)CC(C)(C)N1. The second kappa shape index (κ2) is 6.21. The molecule has 1 fully saturated rings. The van der Waals surface area contributed by atoms with Gasteiger partial charge in [0.05, 0.1) is 6.42 Å². The number of fused-ring (bicyclic) bond motifs is 1. The molecule has 0 spiro atoms. The van der Waals surface area contributed by atoms with Crippen molar-refractivity contribution >= 4 is 16.7 Å². The lowest BCUT2D eigenvalue weighted by Crippen LogP contribution is -2.59. The number of hydrogen-bond acceptors (Lipinski definition) is 3. The zero-order valence-corrected chi connectivity index (χ0v) is 15.1. The topological polar surface area (TPSA) is 38.3 Å². The quantitative estimate of drug-likeness (QED) is 0.858. The summed E-state index contributed by atoms with van der Waals surface area (Å²) < 4.78 is 5.84. The molecule has 1 aliphatic heterocycles. The normalized spacial score (nSPS) is 20.0. The fourth-order valence-electron chi connectivity index (χ4n) is 4.14. The molecule has 1 aliphatic rings. The fourth-order valence-corrected chi connectivity index (χ4v) is 4.14. The van der Waals surface area contributed by atoms with E-state index < -0.39 is 0 Å².